The highest BCUT2D eigenvalue weighted by Crippen LogP contribution is 2.29. The molecular formula is C16H13O3PS. The van der Waals surface area contributed by atoms with Crippen LogP contribution in [-0.2, 0) is 6.16 Å². The zero-order valence-corrected chi connectivity index (χ0v) is 12.9. The summed E-state index contributed by atoms with van der Waals surface area (Å²) < 4.78 is 6.70. The summed E-state index contributed by atoms with van der Waals surface area (Å²) in [6.45, 7) is 0. The van der Waals surface area contributed by atoms with Crippen LogP contribution >= 0.6 is 20.1 Å². The van der Waals surface area contributed by atoms with Gasteiger partial charge in [0.05, 0.1) is 8.81 Å². The SMILES string of the molecule is O=C(O)c1cc2cc(CPOc3ccccc3)ccc2s1. The third-order valence-electron chi connectivity index (χ3n) is 3.00. The third-order valence-corrected chi connectivity index (χ3v) is 5.04. The molecule has 1 aromatic heterocycles. The van der Waals surface area contributed by atoms with E-state index in [1.165, 1.54) is 11.3 Å². The number of hydrogen-bond donors (Lipinski definition) is 1. The van der Waals surface area contributed by atoms with E-state index in [0.717, 1.165) is 27.6 Å². The predicted octanol–water partition coefficient (Wildman–Crippen LogP) is 4.77. The van der Waals surface area contributed by atoms with Gasteiger partial charge in [0.25, 0.3) is 0 Å². The lowest BCUT2D eigenvalue weighted by molar-refractivity contribution is 0.0702. The molecule has 3 aromatic rings. The van der Waals surface area contributed by atoms with Gasteiger partial charge < -0.3 is 9.63 Å². The van der Waals surface area contributed by atoms with E-state index in [0.29, 0.717) is 13.7 Å². The smallest absolute Gasteiger partial charge is 0.345 e. The van der Waals surface area contributed by atoms with E-state index in [4.69, 9.17) is 9.63 Å². The fourth-order valence-corrected chi connectivity index (χ4v) is 3.64. The molecule has 2 aromatic carbocycles. The zero-order valence-electron chi connectivity index (χ0n) is 11.1. The molecule has 0 aliphatic carbocycles. The average molecular weight is 316 g/mol. The Morgan fingerprint density at radius 1 is 1.14 bits per heavy atom. The van der Waals surface area contributed by atoms with Crippen molar-refractivity contribution in [2.75, 3.05) is 0 Å². The van der Waals surface area contributed by atoms with Crippen molar-refractivity contribution in [2.45, 2.75) is 6.16 Å². The lowest BCUT2D eigenvalue weighted by Gasteiger charge is -2.05. The average Bonchev–Trinajstić information content (AvgIpc) is 2.92. The summed E-state index contributed by atoms with van der Waals surface area (Å²) in [6, 6.07) is 17.5. The van der Waals surface area contributed by atoms with Gasteiger partial charge in [-0.1, -0.05) is 24.3 Å². The minimum Gasteiger partial charge on any atom is -0.477 e. The largest absolute Gasteiger partial charge is 0.477 e. The molecule has 0 aliphatic rings. The lowest BCUT2D eigenvalue weighted by atomic mass is 10.2. The molecule has 0 saturated heterocycles. The molecule has 0 saturated carbocycles. The van der Waals surface area contributed by atoms with Gasteiger partial charge in [-0.25, -0.2) is 4.79 Å². The van der Waals surface area contributed by atoms with E-state index in [2.05, 4.69) is 0 Å². The summed E-state index contributed by atoms with van der Waals surface area (Å²) in [5.74, 6) is 0.00708. The Morgan fingerprint density at radius 3 is 2.71 bits per heavy atom. The lowest BCUT2D eigenvalue weighted by Crippen LogP contribution is -1.89. The first kappa shape index (κ1) is 14.1. The molecule has 3 rings (SSSR count). The third kappa shape index (κ3) is 3.41. The predicted molar refractivity (Wildman–Crippen MR) is 87.9 cm³/mol. The number of rotatable bonds is 5. The van der Waals surface area contributed by atoms with Crippen molar-refractivity contribution in [1.29, 1.82) is 0 Å². The summed E-state index contributed by atoms with van der Waals surface area (Å²) in [7, 11) is 0.347. The first-order chi connectivity index (χ1) is 10.2. The summed E-state index contributed by atoms with van der Waals surface area (Å²) in [5, 5.41) is 10.00. The second-order valence-electron chi connectivity index (χ2n) is 4.52. The molecule has 0 radical (unpaired) electrons. The number of hydrogen-bond acceptors (Lipinski definition) is 3. The van der Waals surface area contributed by atoms with Crippen molar-refractivity contribution in [3.8, 4) is 5.75 Å². The molecule has 0 spiro atoms. The molecule has 5 heteroatoms. The highest BCUT2D eigenvalue weighted by atomic mass is 32.1. The summed E-state index contributed by atoms with van der Waals surface area (Å²) in [4.78, 5) is 11.4. The van der Waals surface area contributed by atoms with Crippen molar-refractivity contribution in [3.63, 3.8) is 0 Å². The Morgan fingerprint density at radius 2 is 1.95 bits per heavy atom. The minimum absolute atomic E-state index is 0.347. The molecule has 1 N–H and O–H groups in total. The number of benzene rings is 2. The molecule has 21 heavy (non-hydrogen) atoms. The Bertz CT molecular complexity index is 768. The summed E-state index contributed by atoms with van der Waals surface area (Å²) >= 11 is 1.31. The van der Waals surface area contributed by atoms with Crippen molar-refractivity contribution in [2.24, 2.45) is 0 Å². The molecule has 1 heterocycles. The number of carboxylic acid groups (broad SMARTS) is 1. The maximum absolute atomic E-state index is 11.0. The van der Waals surface area contributed by atoms with Crippen molar-refractivity contribution in [1.82, 2.24) is 0 Å². The van der Waals surface area contributed by atoms with Gasteiger partial charge in [-0.05, 0) is 41.3 Å². The quantitative estimate of drug-likeness (QED) is 0.690. The van der Waals surface area contributed by atoms with Gasteiger partial charge in [0.15, 0.2) is 0 Å². The van der Waals surface area contributed by atoms with Gasteiger partial charge in [-0.15, -0.1) is 11.3 Å². The molecule has 1 atom stereocenters. The topological polar surface area (TPSA) is 46.5 Å². The zero-order chi connectivity index (χ0) is 14.7. The Labute approximate surface area is 128 Å². The second kappa shape index (κ2) is 6.25. The number of thiophene rings is 1. The first-order valence-electron chi connectivity index (χ1n) is 6.43. The molecule has 0 aliphatic heterocycles. The van der Waals surface area contributed by atoms with Gasteiger partial charge >= 0.3 is 5.97 Å². The fourth-order valence-electron chi connectivity index (χ4n) is 2.00. The van der Waals surface area contributed by atoms with Crippen LogP contribution in [0.3, 0.4) is 0 Å². The molecule has 3 nitrogen and oxygen atoms in total. The van der Waals surface area contributed by atoms with Crippen LogP contribution in [0.15, 0.2) is 54.6 Å². The second-order valence-corrected chi connectivity index (χ2v) is 6.45. The Balaban J connectivity index is 1.68. The highest BCUT2D eigenvalue weighted by Gasteiger charge is 2.08. The van der Waals surface area contributed by atoms with Crippen LogP contribution in [0.5, 0.6) is 5.75 Å². The van der Waals surface area contributed by atoms with Gasteiger partial charge in [-0.3, -0.25) is 0 Å². The summed E-state index contributed by atoms with van der Waals surface area (Å²) in [5.41, 5.74) is 1.16. The number of aromatic carboxylic acids is 1. The molecular weight excluding hydrogens is 303 g/mol. The minimum atomic E-state index is -0.868. The molecule has 106 valence electrons. The molecule has 0 amide bonds. The van der Waals surface area contributed by atoms with E-state index < -0.39 is 5.97 Å². The van der Waals surface area contributed by atoms with Crippen LogP contribution in [0.1, 0.15) is 15.2 Å². The van der Waals surface area contributed by atoms with E-state index in [9.17, 15) is 4.79 Å². The van der Waals surface area contributed by atoms with Crippen molar-refractivity contribution >= 4 is 36.2 Å². The normalized spacial score (nSPS) is 11.2. The van der Waals surface area contributed by atoms with Crippen LogP contribution in [-0.4, -0.2) is 11.1 Å². The van der Waals surface area contributed by atoms with Crippen molar-refractivity contribution < 1.29 is 14.4 Å². The van der Waals surface area contributed by atoms with Gasteiger partial charge in [0.1, 0.15) is 10.6 Å². The fraction of sp³-hybridized carbons (Fsp3) is 0.0625. The van der Waals surface area contributed by atoms with Crippen LogP contribution in [0, 0.1) is 0 Å². The van der Waals surface area contributed by atoms with E-state index in [-0.39, 0.29) is 0 Å². The van der Waals surface area contributed by atoms with E-state index >= 15 is 0 Å². The molecule has 0 bridgehead atoms. The summed E-state index contributed by atoms with van der Waals surface area (Å²) in [6.07, 6.45) is 0.823. The molecule has 1 unspecified atom stereocenters. The molecule has 0 fully saturated rings. The van der Waals surface area contributed by atoms with Crippen LogP contribution < -0.4 is 4.52 Å². The Hall–Kier alpha value is -1.90. The van der Waals surface area contributed by atoms with Crippen LogP contribution in [0.25, 0.3) is 10.1 Å². The standard InChI is InChI=1S/C16H13O3PS/c17-16(18)15-9-12-8-11(6-7-14(12)21-15)10-20-19-13-4-2-1-3-5-13/h1-9,20H,10H2,(H,17,18). The number of carboxylic acids is 1. The first-order valence-corrected chi connectivity index (χ1v) is 8.36. The van der Waals surface area contributed by atoms with E-state index in [1.807, 2.05) is 48.5 Å². The Kier molecular flexibility index (Phi) is 4.18. The highest BCUT2D eigenvalue weighted by molar-refractivity contribution is 7.31. The van der Waals surface area contributed by atoms with Gasteiger partial charge in [0.2, 0.25) is 0 Å². The monoisotopic (exact) mass is 316 g/mol. The van der Waals surface area contributed by atoms with Crippen LogP contribution in [0.4, 0.5) is 0 Å². The maximum atomic E-state index is 11.0. The number of fused-ring (bicyclic) bond motifs is 1. The van der Waals surface area contributed by atoms with Gasteiger partial charge in [-0.2, -0.15) is 0 Å². The van der Waals surface area contributed by atoms with Gasteiger partial charge in [0, 0.05) is 10.9 Å². The number of carbonyl (C=O) groups is 1. The maximum Gasteiger partial charge on any atom is 0.345 e. The van der Waals surface area contributed by atoms with E-state index in [1.54, 1.807) is 6.07 Å². The van der Waals surface area contributed by atoms with Crippen LogP contribution in [0.2, 0.25) is 0 Å². The van der Waals surface area contributed by atoms with Crippen molar-refractivity contribution in [3.05, 3.63) is 65.0 Å². The number of para-hydroxylation sites is 1.